The number of fused-ring (bicyclic) bond motifs is 1. The number of phenolic OH excluding ortho intramolecular Hbond substituents is 1. The minimum Gasteiger partial charge on any atom is -0.506 e. The second-order valence-corrected chi connectivity index (χ2v) is 10.1. The van der Waals surface area contributed by atoms with Crippen molar-refractivity contribution >= 4 is 23.4 Å². The van der Waals surface area contributed by atoms with Crippen molar-refractivity contribution in [3.05, 3.63) is 82.9 Å². The van der Waals surface area contributed by atoms with E-state index in [0.717, 1.165) is 28.3 Å². The van der Waals surface area contributed by atoms with Crippen LogP contribution in [0.3, 0.4) is 0 Å². The molecule has 1 saturated heterocycles. The molecule has 0 spiro atoms. The smallest absolute Gasteiger partial charge is 0.140 e. The van der Waals surface area contributed by atoms with Crippen molar-refractivity contribution in [2.45, 2.75) is 35.5 Å². The maximum absolute atomic E-state index is 10.1. The molecule has 1 fully saturated rings. The fourth-order valence-corrected chi connectivity index (χ4v) is 6.09. The molecular formula is C27H28ClNO3S. The summed E-state index contributed by atoms with van der Waals surface area (Å²) < 4.78 is 12.5. The van der Waals surface area contributed by atoms with E-state index in [-0.39, 0.29) is 17.1 Å². The highest BCUT2D eigenvalue weighted by Crippen LogP contribution is 2.56. The summed E-state index contributed by atoms with van der Waals surface area (Å²) in [6.45, 7) is 4.05. The molecule has 4 nitrogen and oxygen atoms in total. The van der Waals surface area contributed by atoms with Crippen LogP contribution in [0, 0.1) is 0 Å². The summed E-state index contributed by atoms with van der Waals surface area (Å²) in [6, 6.07) is 21.9. The molecule has 2 aliphatic heterocycles. The summed E-state index contributed by atoms with van der Waals surface area (Å²) in [5.74, 6) is 1.65. The molecule has 0 bridgehead atoms. The van der Waals surface area contributed by atoms with E-state index in [1.165, 1.54) is 32.4 Å². The Hall–Kier alpha value is -2.34. The van der Waals surface area contributed by atoms with Crippen LogP contribution in [0.2, 0.25) is 5.02 Å². The number of likely N-dealkylation sites (tertiary alicyclic amines) is 1. The Bertz CT molecular complexity index is 1070. The standard InChI is InChI=1S/C27H28ClNO3S/c28-24-22(30)13-14-23-27(24)33-26(20-7-3-1-4-8-20)25(32-23)19-9-11-21(12-10-19)31-18-17-29-15-5-2-6-16-29/h1,3-4,7-14,25-26,30H,2,5-6,15-18H2/t25-,26?/m1/s1. The Morgan fingerprint density at radius 3 is 2.45 bits per heavy atom. The van der Waals surface area contributed by atoms with E-state index in [9.17, 15) is 5.11 Å². The number of phenols is 1. The SMILES string of the molecule is Oc1ccc2c(c1Cl)SC(c1ccccc1)[C@@H](c1ccc(OCCN3CCCCC3)cc1)O2. The molecular weight excluding hydrogens is 454 g/mol. The Morgan fingerprint density at radius 1 is 0.939 bits per heavy atom. The number of ether oxygens (including phenoxy) is 2. The van der Waals surface area contributed by atoms with Crippen molar-refractivity contribution in [2.75, 3.05) is 26.2 Å². The average Bonchev–Trinajstić information content (AvgIpc) is 2.87. The van der Waals surface area contributed by atoms with Gasteiger partial charge in [-0.15, -0.1) is 11.8 Å². The zero-order chi connectivity index (χ0) is 22.6. The molecule has 1 N–H and O–H groups in total. The van der Waals surface area contributed by atoms with Gasteiger partial charge in [-0.05, 0) is 61.3 Å². The molecule has 172 valence electrons. The molecule has 2 heterocycles. The molecule has 0 radical (unpaired) electrons. The first-order valence-corrected chi connectivity index (χ1v) is 12.8. The molecule has 1 unspecified atom stereocenters. The molecule has 3 aromatic rings. The summed E-state index contributed by atoms with van der Waals surface area (Å²) in [5.41, 5.74) is 2.23. The van der Waals surface area contributed by atoms with Gasteiger partial charge in [0.05, 0.1) is 15.2 Å². The molecule has 2 atom stereocenters. The lowest BCUT2D eigenvalue weighted by Gasteiger charge is -2.34. The minimum atomic E-state index is -0.187. The highest BCUT2D eigenvalue weighted by molar-refractivity contribution is 7.99. The molecule has 0 aliphatic carbocycles. The number of nitrogens with zero attached hydrogens (tertiary/aromatic N) is 1. The van der Waals surface area contributed by atoms with Crippen molar-refractivity contribution in [2.24, 2.45) is 0 Å². The molecule has 0 saturated carbocycles. The molecule has 3 aromatic carbocycles. The van der Waals surface area contributed by atoms with Crippen LogP contribution in [-0.4, -0.2) is 36.2 Å². The predicted octanol–water partition coefficient (Wildman–Crippen LogP) is 6.88. The van der Waals surface area contributed by atoms with E-state index in [4.69, 9.17) is 21.1 Å². The van der Waals surface area contributed by atoms with Crippen molar-refractivity contribution in [1.82, 2.24) is 4.90 Å². The second-order valence-electron chi connectivity index (χ2n) is 8.53. The van der Waals surface area contributed by atoms with Gasteiger partial charge in [-0.25, -0.2) is 0 Å². The first-order chi connectivity index (χ1) is 16.2. The van der Waals surface area contributed by atoms with E-state index in [0.29, 0.717) is 17.4 Å². The van der Waals surface area contributed by atoms with Crippen LogP contribution >= 0.6 is 23.4 Å². The Labute approximate surface area is 204 Å². The maximum Gasteiger partial charge on any atom is 0.140 e. The quantitative estimate of drug-likeness (QED) is 0.415. The van der Waals surface area contributed by atoms with Crippen molar-refractivity contribution < 1.29 is 14.6 Å². The number of piperidine rings is 1. The van der Waals surface area contributed by atoms with Crippen LogP contribution in [0.1, 0.15) is 41.7 Å². The maximum atomic E-state index is 10.1. The van der Waals surface area contributed by atoms with Gasteiger partial charge in [-0.3, -0.25) is 4.90 Å². The number of aromatic hydroxyl groups is 1. The normalized spacial score (nSPS) is 20.6. The Balaban J connectivity index is 1.34. The lowest BCUT2D eigenvalue weighted by Crippen LogP contribution is -2.33. The number of halogens is 1. The highest BCUT2D eigenvalue weighted by atomic mass is 35.5. The largest absolute Gasteiger partial charge is 0.506 e. The van der Waals surface area contributed by atoms with Crippen LogP contribution in [-0.2, 0) is 0 Å². The zero-order valence-corrected chi connectivity index (χ0v) is 20.0. The number of hydrogen-bond acceptors (Lipinski definition) is 5. The highest BCUT2D eigenvalue weighted by Gasteiger charge is 2.35. The number of thioether (sulfide) groups is 1. The van der Waals surface area contributed by atoms with E-state index in [1.54, 1.807) is 23.9 Å². The first-order valence-electron chi connectivity index (χ1n) is 11.5. The fraction of sp³-hybridized carbons (Fsp3) is 0.333. The van der Waals surface area contributed by atoms with E-state index < -0.39 is 0 Å². The van der Waals surface area contributed by atoms with Gasteiger partial charge < -0.3 is 14.6 Å². The molecule has 6 heteroatoms. The second kappa shape index (κ2) is 10.3. The van der Waals surface area contributed by atoms with Gasteiger partial charge in [-0.1, -0.05) is 60.5 Å². The van der Waals surface area contributed by atoms with E-state index >= 15 is 0 Å². The summed E-state index contributed by atoms with van der Waals surface area (Å²) in [5, 5.41) is 10.4. The summed E-state index contributed by atoms with van der Waals surface area (Å²) in [7, 11) is 0. The minimum absolute atomic E-state index is 0.00358. The van der Waals surface area contributed by atoms with E-state index in [1.807, 2.05) is 30.3 Å². The summed E-state index contributed by atoms with van der Waals surface area (Å²) >= 11 is 8.05. The van der Waals surface area contributed by atoms with Crippen LogP contribution < -0.4 is 9.47 Å². The lowest BCUT2D eigenvalue weighted by molar-refractivity contribution is 0.182. The van der Waals surface area contributed by atoms with Gasteiger partial charge >= 0.3 is 0 Å². The van der Waals surface area contributed by atoms with Crippen LogP contribution in [0.4, 0.5) is 0 Å². The van der Waals surface area contributed by atoms with Gasteiger partial charge in [0.2, 0.25) is 0 Å². The Kier molecular flexibility index (Phi) is 7.00. The lowest BCUT2D eigenvalue weighted by atomic mass is 10.00. The number of hydrogen-bond donors (Lipinski definition) is 1. The number of rotatable bonds is 6. The third-order valence-electron chi connectivity index (χ3n) is 6.28. The average molecular weight is 482 g/mol. The van der Waals surface area contributed by atoms with Gasteiger partial charge in [-0.2, -0.15) is 0 Å². The zero-order valence-electron chi connectivity index (χ0n) is 18.5. The van der Waals surface area contributed by atoms with Crippen molar-refractivity contribution in [3.8, 4) is 17.2 Å². The fourth-order valence-electron chi connectivity index (χ4n) is 4.48. The predicted molar refractivity (Wildman–Crippen MR) is 134 cm³/mol. The van der Waals surface area contributed by atoms with Crippen LogP contribution in [0.5, 0.6) is 17.2 Å². The first kappa shape index (κ1) is 22.5. The topological polar surface area (TPSA) is 41.9 Å². The summed E-state index contributed by atoms with van der Waals surface area (Å²) in [4.78, 5) is 3.26. The molecule has 5 rings (SSSR count). The Morgan fingerprint density at radius 2 is 1.70 bits per heavy atom. The van der Waals surface area contributed by atoms with E-state index in [2.05, 4.69) is 29.2 Å². The van der Waals surface area contributed by atoms with Crippen LogP contribution in [0.15, 0.2) is 71.6 Å². The van der Waals surface area contributed by atoms with Gasteiger partial charge in [0.1, 0.15) is 30.0 Å². The van der Waals surface area contributed by atoms with Gasteiger partial charge in [0.15, 0.2) is 0 Å². The van der Waals surface area contributed by atoms with Crippen molar-refractivity contribution in [3.63, 3.8) is 0 Å². The molecule has 0 aromatic heterocycles. The molecule has 0 amide bonds. The van der Waals surface area contributed by atoms with Crippen LogP contribution in [0.25, 0.3) is 0 Å². The molecule has 2 aliphatic rings. The number of benzene rings is 3. The molecule has 33 heavy (non-hydrogen) atoms. The van der Waals surface area contributed by atoms with Crippen molar-refractivity contribution in [1.29, 1.82) is 0 Å². The van der Waals surface area contributed by atoms with Gasteiger partial charge in [0.25, 0.3) is 0 Å². The third kappa shape index (κ3) is 5.11. The van der Waals surface area contributed by atoms with Gasteiger partial charge in [0, 0.05) is 6.54 Å². The third-order valence-corrected chi connectivity index (χ3v) is 8.18. The monoisotopic (exact) mass is 481 g/mol. The summed E-state index contributed by atoms with van der Waals surface area (Å²) in [6.07, 6.45) is 3.75.